The fraction of sp³-hybridized carbons (Fsp3) is 0.136. The second-order valence-electron chi connectivity index (χ2n) is 7.61. The van der Waals surface area contributed by atoms with Crippen molar-refractivity contribution in [3.05, 3.63) is 84.3 Å². The predicted molar refractivity (Wildman–Crippen MR) is 136 cm³/mol. The largest absolute Gasteiger partial charge is 0.416 e. The van der Waals surface area contributed by atoms with E-state index in [9.17, 15) is 18.0 Å². The molecule has 0 fully saturated rings. The van der Waals surface area contributed by atoms with Crippen LogP contribution in [-0.2, 0) is 19.3 Å². The van der Waals surface area contributed by atoms with Crippen LogP contribution < -0.4 is 11.3 Å². The second kappa shape index (κ2) is 8.86. The van der Waals surface area contributed by atoms with Gasteiger partial charge < -0.3 is 5.73 Å². The average Bonchev–Trinajstić information content (AvgIpc) is 3.12. The lowest BCUT2D eigenvalue weighted by atomic mass is 10.1. The van der Waals surface area contributed by atoms with Gasteiger partial charge in [0.1, 0.15) is 28.2 Å². The number of benzene rings is 2. The van der Waals surface area contributed by atoms with Crippen molar-refractivity contribution in [3.63, 3.8) is 0 Å². The molecule has 0 amide bonds. The van der Waals surface area contributed by atoms with Crippen LogP contribution in [0.5, 0.6) is 0 Å². The molecule has 35 heavy (non-hydrogen) atoms. The molecule has 0 aliphatic rings. The van der Waals surface area contributed by atoms with Crippen LogP contribution >= 0.6 is 38.5 Å². The van der Waals surface area contributed by atoms with Gasteiger partial charge in [0.15, 0.2) is 5.65 Å². The molecule has 0 bridgehead atoms. The van der Waals surface area contributed by atoms with Gasteiger partial charge in [-0.2, -0.15) is 18.3 Å². The van der Waals surface area contributed by atoms with E-state index in [1.165, 1.54) is 33.8 Å². The molecule has 0 saturated carbocycles. The Labute approximate surface area is 217 Å². The monoisotopic (exact) mass is 655 g/mol. The minimum Gasteiger partial charge on any atom is -0.383 e. The Morgan fingerprint density at radius 3 is 2.57 bits per heavy atom. The molecule has 178 valence electrons. The summed E-state index contributed by atoms with van der Waals surface area (Å²) in [5.41, 5.74) is 5.46. The van der Waals surface area contributed by atoms with Crippen molar-refractivity contribution in [2.24, 2.45) is 0 Å². The molecule has 0 saturated heterocycles. The number of nitrogen functional groups attached to an aromatic ring is 1. The molecule has 0 radical (unpaired) electrons. The van der Waals surface area contributed by atoms with Gasteiger partial charge in [-0.05, 0) is 62.3 Å². The summed E-state index contributed by atoms with van der Waals surface area (Å²) in [4.78, 5) is 26.5. The number of halogens is 5. The molecular formula is C22H14BrF3IN7O. The van der Waals surface area contributed by atoms with Crippen LogP contribution in [0.4, 0.5) is 19.0 Å². The average molecular weight is 656 g/mol. The second-order valence-corrected chi connectivity index (χ2v) is 9.49. The van der Waals surface area contributed by atoms with Crippen LogP contribution in [-0.4, -0.2) is 29.3 Å². The molecule has 8 nitrogen and oxygen atoms in total. The van der Waals surface area contributed by atoms with Crippen molar-refractivity contribution in [3.8, 4) is 0 Å². The Morgan fingerprint density at radius 1 is 1.03 bits per heavy atom. The SMILES string of the molecule is Nc1ncnc2c1c(I)nn2Cc1nc2cccc(Br)c2c(=O)n1Cc1ccccc1C(F)(F)F. The third-order valence-corrected chi connectivity index (χ3v) is 6.89. The topological polar surface area (TPSA) is 105 Å². The number of anilines is 1. The third kappa shape index (κ3) is 4.26. The summed E-state index contributed by atoms with van der Waals surface area (Å²) in [7, 11) is 0. The van der Waals surface area contributed by atoms with E-state index in [-0.39, 0.29) is 35.7 Å². The van der Waals surface area contributed by atoms with Gasteiger partial charge in [-0.1, -0.05) is 24.3 Å². The molecular weight excluding hydrogens is 642 g/mol. The maximum atomic E-state index is 13.7. The molecule has 5 aromatic rings. The van der Waals surface area contributed by atoms with E-state index in [1.807, 2.05) is 22.6 Å². The van der Waals surface area contributed by atoms with Crippen molar-refractivity contribution in [1.29, 1.82) is 0 Å². The van der Waals surface area contributed by atoms with Gasteiger partial charge in [0.25, 0.3) is 5.56 Å². The fourth-order valence-corrected chi connectivity index (χ4v) is 5.19. The molecule has 0 aliphatic heterocycles. The molecule has 0 aliphatic carbocycles. The molecule has 2 N–H and O–H groups in total. The molecule has 3 heterocycles. The summed E-state index contributed by atoms with van der Waals surface area (Å²) in [5.74, 6) is 0.466. The standard InChI is InChI=1S/C22H14BrF3IN7O/c23-13-6-3-7-14-16(13)21(35)33(8-11-4-1-2-5-12(11)22(24,25)26)15(31-14)9-34-20-17(18(27)32-34)19(28)29-10-30-20/h1-7,10H,8-9H2,(H2,28,29,30). The zero-order valence-electron chi connectivity index (χ0n) is 17.6. The van der Waals surface area contributed by atoms with Crippen molar-refractivity contribution < 1.29 is 13.2 Å². The van der Waals surface area contributed by atoms with Crippen LogP contribution in [0.15, 0.2) is 58.1 Å². The minimum absolute atomic E-state index is 0.0260. The predicted octanol–water partition coefficient (Wildman–Crippen LogP) is 4.60. The minimum atomic E-state index is -4.58. The number of rotatable bonds is 4. The highest BCUT2D eigenvalue weighted by atomic mass is 127. The zero-order chi connectivity index (χ0) is 24.9. The number of alkyl halides is 3. The highest BCUT2D eigenvalue weighted by molar-refractivity contribution is 14.1. The number of fused-ring (bicyclic) bond motifs is 2. The molecule has 5 rings (SSSR count). The summed E-state index contributed by atoms with van der Waals surface area (Å²) >= 11 is 5.37. The van der Waals surface area contributed by atoms with Crippen molar-refractivity contribution in [2.75, 3.05) is 5.73 Å². The smallest absolute Gasteiger partial charge is 0.383 e. The van der Waals surface area contributed by atoms with Gasteiger partial charge >= 0.3 is 6.18 Å². The number of hydrogen-bond acceptors (Lipinski definition) is 6. The first-order valence-electron chi connectivity index (χ1n) is 10.1. The number of aromatic nitrogens is 6. The maximum Gasteiger partial charge on any atom is 0.416 e. The lowest BCUT2D eigenvalue weighted by Gasteiger charge is -2.17. The first-order chi connectivity index (χ1) is 16.6. The van der Waals surface area contributed by atoms with Gasteiger partial charge in [0.05, 0.1) is 28.4 Å². The Bertz CT molecular complexity index is 1670. The molecule has 13 heteroatoms. The first kappa shape index (κ1) is 23.7. The van der Waals surface area contributed by atoms with Crippen LogP contribution in [0.2, 0.25) is 0 Å². The normalized spacial score (nSPS) is 12.0. The molecule has 0 atom stereocenters. The van der Waals surface area contributed by atoms with E-state index in [0.29, 0.717) is 24.7 Å². The van der Waals surface area contributed by atoms with Crippen molar-refractivity contribution in [2.45, 2.75) is 19.3 Å². The molecule has 0 spiro atoms. The summed E-state index contributed by atoms with van der Waals surface area (Å²) < 4.78 is 44.8. The van der Waals surface area contributed by atoms with Gasteiger partial charge in [-0.3, -0.25) is 9.36 Å². The van der Waals surface area contributed by atoms with E-state index in [2.05, 4.69) is 36.0 Å². The Morgan fingerprint density at radius 2 is 1.80 bits per heavy atom. The van der Waals surface area contributed by atoms with Crippen LogP contribution in [0, 0.1) is 3.70 Å². The summed E-state index contributed by atoms with van der Waals surface area (Å²) in [6, 6.07) is 10.2. The van der Waals surface area contributed by atoms with E-state index in [4.69, 9.17) is 5.73 Å². The van der Waals surface area contributed by atoms with E-state index < -0.39 is 17.3 Å². The lowest BCUT2D eigenvalue weighted by Crippen LogP contribution is -2.28. The van der Waals surface area contributed by atoms with Gasteiger partial charge in [-0.25, -0.2) is 19.6 Å². The number of hydrogen-bond donors (Lipinski definition) is 1. The summed E-state index contributed by atoms with van der Waals surface area (Å²) in [5, 5.41) is 5.27. The number of nitrogens with zero attached hydrogens (tertiary/aromatic N) is 6. The molecule has 2 aromatic carbocycles. The van der Waals surface area contributed by atoms with Crippen LogP contribution in [0.3, 0.4) is 0 Å². The fourth-order valence-electron chi connectivity index (χ4n) is 3.89. The van der Waals surface area contributed by atoms with E-state index in [0.717, 1.165) is 6.07 Å². The molecule has 0 unspecified atom stereocenters. The Kier molecular flexibility index (Phi) is 5.99. The quantitative estimate of drug-likeness (QED) is 0.284. The lowest BCUT2D eigenvalue weighted by molar-refractivity contribution is -0.138. The first-order valence-corrected chi connectivity index (χ1v) is 12.0. The summed E-state index contributed by atoms with van der Waals surface area (Å²) in [6.45, 7) is -0.358. The van der Waals surface area contributed by atoms with Gasteiger partial charge in [0.2, 0.25) is 0 Å². The van der Waals surface area contributed by atoms with Crippen LogP contribution in [0.1, 0.15) is 17.0 Å². The van der Waals surface area contributed by atoms with E-state index >= 15 is 0 Å². The van der Waals surface area contributed by atoms with Crippen molar-refractivity contribution >= 4 is 66.3 Å². The van der Waals surface area contributed by atoms with Crippen molar-refractivity contribution in [1.82, 2.24) is 29.3 Å². The molecule has 3 aromatic heterocycles. The van der Waals surface area contributed by atoms with Crippen LogP contribution in [0.25, 0.3) is 21.9 Å². The van der Waals surface area contributed by atoms with Gasteiger partial charge in [-0.15, -0.1) is 0 Å². The highest BCUT2D eigenvalue weighted by Gasteiger charge is 2.33. The zero-order valence-corrected chi connectivity index (χ0v) is 21.3. The van der Waals surface area contributed by atoms with E-state index in [1.54, 1.807) is 18.2 Å². The number of nitrogens with two attached hydrogens (primary N) is 1. The maximum absolute atomic E-state index is 13.7. The third-order valence-electron chi connectivity index (χ3n) is 5.47. The Balaban J connectivity index is 1.73. The Hall–Kier alpha value is -3.07. The summed E-state index contributed by atoms with van der Waals surface area (Å²) in [6.07, 6.45) is -3.28. The highest BCUT2D eigenvalue weighted by Crippen LogP contribution is 2.32. The van der Waals surface area contributed by atoms with Gasteiger partial charge in [0, 0.05) is 4.47 Å².